The summed E-state index contributed by atoms with van der Waals surface area (Å²) in [6.45, 7) is 1.38. The fourth-order valence-corrected chi connectivity index (χ4v) is 1.10. The maximum absolute atomic E-state index is 5.24. The Bertz CT molecular complexity index is 237. The van der Waals surface area contributed by atoms with E-state index in [4.69, 9.17) is 13.9 Å². The first-order chi connectivity index (χ1) is 5.42. The predicted molar refractivity (Wildman–Crippen MR) is 38.1 cm³/mol. The normalized spacial score (nSPS) is 22.1. The molecule has 1 aliphatic rings. The Morgan fingerprint density at radius 1 is 1.73 bits per heavy atom. The Kier molecular flexibility index (Phi) is 1.68. The van der Waals surface area contributed by atoms with Crippen molar-refractivity contribution in [3.63, 3.8) is 0 Å². The van der Waals surface area contributed by atoms with Crippen LogP contribution in [0.5, 0.6) is 0 Å². The third-order valence-corrected chi connectivity index (χ3v) is 1.71. The molecule has 0 amide bonds. The second-order valence-electron chi connectivity index (χ2n) is 2.57. The van der Waals surface area contributed by atoms with E-state index in [1.807, 2.05) is 6.07 Å². The van der Waals surface area contributed by atoms with Gasteiger partial charge < -0.3 is 13.9 Å². The van der Waals surface area contributed by atoms with Crippen LogP contribution in [0.1, 0.15) is 17.4 Å². The van der Waals surface area contributed by atoms with Crippen LogP contribution in [-0.2, 0) is 16.1 Å². The minimum absolute atomic E-state index is 0.190. The Labute approximate surface area is 64.9 Å². The van der Waals surface area contributed by atoms with E-state index in [-0.39, 0.29) is 6.10 Å². The molecular weight excluding hydrogens is 144 g/mol. The maximum atomic E-state index is 5.24. The average molecular weight is 154 g/mol. The van der Waals surface area contributed by atoms with Crippen molar-refractivity contribution in [2.45, 2.75) is 12.7 Å². The Hall–Kier alpha value is -0.800. The Balaban J connectivity index is 2.16. The van der Waals surface area contributed by atoms with Crippen LogP contribution in [-0.4, -0.2) is 13.7 Å². The van der Waals surface area contributed by atoms with E-state index >= 15 is 0 Å². The Morgan fingerprint density at radius 3 is 3.18 bits per heavy atom. The lowest BCUT2D eigenvalue weighted by Gasteiger charge is -1.96. The van der Waals surface area contributed by atoms with Gasteiger partial charge in [-0.15, -0.1) is 0 Å². The van der Waals surface area contributed by atoms with Crippen LogP contribution >= 0.6 is 0 Å². The molecule has 0 unspecified atom stereocenters. The summed E-state index contributed by atoms with van der Waals surface area (Å²) in [5.41, 5.74) is 1.09. The van der Waals surface area contributed by atoms with Gasteiger partial charge in [0.1, 0.15) is 11.9 Å². The third-order valence-electron chi connectivity index (χ3n) is 1.71. The van der Waals surface area contributed by atoms with Gasteiger partial charge in [-0.3, -0.25) is 0 Å². The van der Waals surface area contributed by atoms with E-state index in [1.165, 1.54) is 0 Å². The molecule has 1 aromatic rings. The van der Waals surface area contributed by atoms with Crippen molar-refractivity contribution in [2.75, 3.05) is 13.7 Å². The second kappa shape index (κ2) is 2.68. The molecule has 3 heteroatoms. The number of methoxy groups -OCH3 is 1. The molecule has 0 aromatic carbocycles. The van der Waals surface area contributed by atoms with E-state index < -0.39 is 0 Å². The molecule has 0 aliphatic carbocycles. The van der Waals surface area contributed by atoms with Gasteiger partial charge in [0.15, 0.2) is 0 Å². The molecule has 2 rings (SSSR count). The summed E-state index contributed by atoms with van der Waals surface area (Å²) >= 11 is 0. The molecule has 1 aromatic heterocycles. The van der Waals surface area contributed by atoms with Crippen LogP contribution in [0.3, 0.4) is 0 Å². The second-order valence-corrected chi connectivity index (χ2v) is 2.57. The number of ether oxygens (including phenoxy) is 2. The molecule has 0 N–H and O–H groups in total. The molecule has 2 heterocycles. The molecule has 1 fully saturated rings. The average Bonchev–Trinajstić information content (AvgIpc) is 2.75. The van der Waals surface area contributed by atoms with Crippen molar-refractivity contribution in [1.29, 1.82) is 0 Å². The summed E-state index contributed by atoms with van der Waals surface area (Å²) in [4.78, 5) is 0. The first kappa shape index (κ1) is 6.88. The molecule has 0 spiro atoms. The quantitative estimate of drug-likeness (QED) is 0.619. The van der Waals surface area contributed by atoms with E-state index in [9.17, 15) is 0 Å². The van der Waals surface area contributed by atoms with Gasteiger partial charge in [0.25, 0.3) is 0 Å². The van der Waals surface area contributed by atoms with Crippen molar-refractivity contribution in [3.05, 3.63) is 23.7 Å². The molecule has 11 heavy (non-hydrogen) atoms. The van der Waals surface area contributed by atoms with E-state index in [0.717, 1.165) is 17.9 Å². The number of furan rings is 1. The van der Waals surface area contributed by atoms with Gasteiger partial charge in [-0.05, 0) is 6.07 Å². The molecule has 0 saturated carbocycles. The monoisotopic (exact) mass is 154 g/mol. The highest BCUT2D eigenvalue weighted by Crippen LogP contribution is 2.32. The number of epoxide rings is 1. The maximum Gasteiger partial charge on any atom is 0.140 e. The zero-order valence-electron chi connectivity index (χ0n) is 6.37. The topological polar surface area (TPSA) is 34.9 Å². The molecule has 1 atom stereocenters. The van der Waals surface area contributed by atoms with Gasteiger partial charge in [-0.2, -0.15) is 0 Å². The van der Waals surface area contributed by atoms with Crippen LogP contribution in [0.15, 0.2) is 16.7 Å². The van der Waals surface area contributed by atoms with E-state index in [2.05, 4.69) is 0 Å². The van der Waals surface area contributed by atoms with Gasteiger partial charge in [0.05, 0.1) is 19.5 Å². The summed E-state index contributed by atoms with van der Waals surface area (Å²) in [5.74, 6) is 0.923. The van der Waals surface area contributed by atoms with Crippen molar-refractivity contribution in [2.24, 2.45) is 0 Å². The molecular formula is C8H10O3. The lowest BCUT2D eigenvalue weighted by Crippen LogP contribution is -1.89. The predicted octanol–water partition coefficient (Wildman–Crippen LogP) is 1.50. The zero-order valence-corrected chi connectivity index (χ0v) is 6.37. The van der Waals surface area contributed by atoms with Crippen LogP contribution in [0.2, 0.25) is 0 Å². The first-order valence-corrected chi connectivity index (χ1v) is 3.58. The number of hydrogen-bond acceptors (Lipinski definition) is 3. The van der Waals surface area contributed by atoms with Crippen LogP contribution in [0, 0.1) is 0 Å². The fourth-order valence-electron chi connectivity index (χ4n) is 1.10. The SMILES string of the molecule is COCc1ccoc1[C@H]1CO1. The van der Waals surface area contributed by atoms with Gasteiger partial charge >= 0.3 is 0 Å². The highest BCUT2D eigenvalue weighted by molar-refractivity contribution is 5.20. The highest BCUT2D eigenvalue weighted by Gasteiger charge is 2.30. The standard InChI is InChI=1S/C8H10O3/c1-9-4-6-2-3-10-8(6)7-5-11-7/h2-3,7H,4-5H2,1H3/t7-/m1/s1. The molecule has 1 saturated heterocycles. The third kappa shape index (κ3) is 1.29. The molecule has 0 bridgehead atoms. The fraction of sp³-hybridized carbons (Fsp3) is 0.500. The zero-order chi connectivity index (χ0) is 7.68. The summed E-state index contributed by atoms with van der Waals surface area (Å²) in [6.07, 6.45) is 1.86. The van der Waals surface area contributed by atoms with Crippen molar-refractivity contribution in [1.82, 2.24) is 0 Å². The number of rotatable bonds is 3. The lowest BCUT2D eigenvalue weighted by molar-refractivity contribution is 0.182. The Morgan fingerprint density at radius 2 is 2.55 bits per heavy atom. The smallest absolute Gasteiger partial charge is 0.140 e. The van der Waals surface area contributed by atoms with Gasteiger partial charge in [0.2, 0.25) is 0 Å². The first-order valence-electron chi connectivity index (χ1n) is 3.58. The van der Waals surface area contributed by atoms with Crippen molar-refractivity contribution < 1.29 is 13.9 Å². The minimum Gasteiger partial charge on any atom is -0.466 e. The van der Waals surface area contributed by atoms with Crippen LogP contribution in [0.25, 0.3) is 0 Å². The van der Waals surface area contributed by atoms with Crippen molar-refractivity contribution in [3.8, 4) is 0 Å². The van der Waals surface area contributed by atoms with Gasteiger partial charge in [-0.1, -0.05) is 0 Å². The summed E-state index contributed by atoms with van der Waals surface area (Å²) in [5, 5.41) is 0. The summed E-state index contributed by atoms with van der Waals surface area (Å²) in [7, 11) is 1.67. The lowest BCUT2D eigenvalue weighted by atomic mass is 10.2. The molecule has 1 aliphatic heterocycles. The number of hydrogen-bond donors (Lipinski definition) is 0. The van der Waals surface area contributed by atoms with Crippen LogP contribution < -0.4 is 0 Å². The summed E-state index contributed by atoms with van der Waals surface area (Å²) < 4.78 is 15.3. The minimum atomic E-state index is 0.190. The van der Waals surface area contributed by atoms with Gasteiger partial charge in [-0.25, -0.2) is 0 Å². The van der Waals surface area contributed by atoms with Crippen LogP contribution in [0.4, 0.5) is 0 Å². The molecule has 60 valence electrons. The van der Waals surface area contributed by atoms with Crippen molar-refractivity contribution >= 4 is 0 Å². The molecule has 3 nitrogen and oxygen atoms in total. The summed E-state index contributed by atoms with van der Waals surface area (Å²) in [6, 6.07) is 1.92. The highest BCUT2D eigenvalue weighted by atomic mass is 16.6. The van der Waals surface area contributed by atoms with E-state index in [0.29, 0.717) is 6.61 Å². The van der Waals surface area contributed by atoms with E-state index in [1.54, 1.807) is 13.4 Å². The van der Waals surface area contributed by atoms with Gasteiger partial charge in [0, 0.05) is 12.7 Å². The largest absolute Gasteiger partial charge is 0.466 e. The molecule has 0 radical (unpaired) electrons.